The lowest BCUT2D eigenvalue weighted by Gasteiger charge is -2.19. The van der Waals surface area contributed by atoms with Gasteiger partial charge >= 0.3 is 0 Å². The van der Waals surface area contributed by atoms with Gasteiger partial charge in [0, 0.05) is 22.1 Å². The highest BCUT2D eigenvalue weighted by molar-refractivity contribution is 7.17. The van der Waals surface area contributed by atoms with Crippen LogP contribution in [-0.4, -0.2) is 4.98 Å². The number of para-hydroxylation sites is 1. The van der Waals surface area contributed by atoms with E-state index in [9.17, 15) is 0 Å². The van der Waals surface area contributed by atoms with Crippen molar-refractivity contribution in [1.29, 1.82) is 0 Å². The van der Waals surface area contributed by atoms with Crippen LogP contribution in [0.3, 0.4) is 0 Å². The number of rotatable bonds is 1. The van der Waals surface area contributed by atoms with E-state index in [4.69, 9.17) is 9.72 Å². The molecule has 5 rings (SSSR count). The molecule has 23 heavy (non-hydrogen) atoms. The zero-order valence-electron chi connectivity index (χ0n) is 12.3. The lowest BCUT2D eigenvalue weighted by molar-refractivity contribution is 0.302. The molecule has 0 amide bonds. The minimum Gasteiger partial charge on any atom is -0.488 e. The number of nitrogens with zero attached hydrogens (tertiary/aromatic N) is 1. The predicted molar refractivity (Wildman–Crippen MR) is 94.8 cm³/mol. The number of thiophene rings is 1. The Balaban J connectivity index is 1.78. The summed E-state index contributed by atoms with van der Waals surface area (Å²) in [5, 5.41) is 2.20. The number of benzene rings is 2. The molecule has 2 aromatic carbocycles. The maximum absolute atomic E-state index is 5.85. The summed E-state index contributed by atoms with van der Waals surface area (Å²) in [5.41, 5.74) is 6.80. The summed E-state index contributed by atoms with van der Waals surface area (Å²) in [6.07, 6.45) is 0. The topological polar surface area (TPSA) is 22.1 Å². The third-order valence-electron chi connectivity index (χ3n) is 4.24. The first kappa shape index (κ1) is 12.9. The Morgan fingerprint density at radius 3 is 2.65 bits per heavy atom. The largest absolute Gasteiger partial charge is 0.488 e. The molecule has 0 unspecified atom stereocenters. The average Bonchev–Trinajstić information content (AvgIpc) is 3.03. The minimum atomic E-state index is 0.591. The van der Waals surface area contributed by atoms with Gasteiger partial charge in [-0.05, 0) is 23.8 Å². The summed E-state index contributed by atoms with van der Waals surface area (Å²) < 4.78 is 7.07. The molecule has 1 aliphatic rings. The van der Waals surface area contributed by atoms with E-state index in [-0.39, 0.29) is 0 Å². The summed E-state index contributed by atoms with van der Waals surface area (Å²) >= 11 is 1.74. The van der Waals surface area contributed by atoms with Crippen molar-refractivity contribution in [3.63, 3.8) is 0 Å². The molecule has 3 heterocycles. The summed E-state index contributed by atoms with van der Waals surface area (Å²) in [5.74, 6) is 0.920. The van der Waals surface area contributed by atoms with Gasteiger partial charge in [0.1, 0.15) is 12.4 Å². The Hall–Kier alpha value is -2.65. The molecule has 0 saturated heterocycles. The van der Waals surface area contributed by atoms with E-state index in [2.05, 4.69) is 41.8 Å². The van der Waals surface area contributed by atoms with Crippen LogP contribution in [0.5, 0.6) is 5.75 Å². The van der Waals surface area contributed by atoms with Crippen molar-refractivity contribution in [3.05, 3.63) is 71.6 Å². The lowest BCUT2D eigenvalue weighted by atomic mass is 10.0. The van der Waals surface area contributed by atoms with Crippen molar-refractivity contribution < 1.29 is 4.74 Å². The van der Waals surface area contributed by atoms with Crippen LogP contribution >= 0.6 is 11.3 Å². The Kier molecular flexibility index (Phi) is 2.76. The second kappa shape index (κ2) is 4.93. The maximum atomic E-state index is 5.85. The molecule has 0 N–H and O–H groups in total. The fraction of sp³-hybridized carbons (Fsp3) is 0.0500. The van der Waals surface area contributed by atoms with Crippen molar-refractivity contribution in [1.82, 2.24) is 4.98 Å². The van der Waals surface area contributed by atoms with Crippen LogP contribution in [-0.2, 0) is 6.61 Å². The number of aromatic nitrogens is 1. The molecular weight excluding hydrogens is 302 g/mol. The molecule has 2 aromatic heterocycles. The van der Waals surface area contributed by atoms with Gasteiger partial charge < -0.3 is 4.74 Å². The molecule has 0 radical (unpaired) electrons. The standard InChI is InChI=1S/C20H13NOS/c1-2-6-13(7-3-1)16-12-23-18-10-14-11-22-17-9-5-4-8-15(17)19(14)21-20(16)18/h1-10,12H,11H2. The summed E-state index contributed by atoms with van der Waals surface area (Å²) in [6.45, 7) is 0.591. The fourth-order valence-corrected chi connectivity index (χ4v) is 4.07. The lowest BCUT2D eigenvalue weighted by Crippen LogP contribution is -2.06. The Bertz CT molecular complexity index is 1020. The second-order valence-corrected chi connectivity index (χ2v) is 6.55. The smallest absolute Gasteiger partial charge is 0.129 e. The Labute approximate surface area is 138 Å². The second-order valence-electron chi connectivity index (χ2n) is 5.64. The molecule has 0 bridgehead atoms. The van der Waals surface area contributed by atoms with Gasteiger partial charge in [-0.1, -0.05) is 42.5 Å². The first-order valence-electron chi connectivity index (χ1n) is 7.59. The number of fused-ring (bicyclic) bond motifs is 4. The number of ether oxygens (including phenoxy) is 1. The van der Waals surface area contributed by atoms with Crippen LogP contribution in [0, 0.1) is 0 Å². The third kappa shape index (κ3) is 1.97. The van der Waals surface area contributed by atoms with Gasteiger partial charge in [0.15, 0.2) is 0 Å². The van der Waals surface area contributed by atoms with Crippen LogP contribution < -0.4 is 4.74 Å². The Morgan fingerprint density at radius 1 is 0.913 bits per heavy atom. The molecule has 0 spiro atoms. The SMILES string of the molecule is c1ccc(-c2csc3cc4c(nc23)-c2ccccc2OC4)cc1. The minimum absolute atomic E-state index is 0.591. The predicted octanol–water partition coefficient (Wildman–Crippen LogP) is 5.52. The van der Waals surface area contributed by atoms with E-state index in [1.54, 1.807) is 11.3 Å². The summed E-state index contributed by atoms with van der Waals surface area (Å²) in [4.78, 5) is 5.02. The number of pyridine rings is 1. The molecule has 110 valence electrons. The monoisotopic (exact) mass is 315 g/mol. The summed E-state index contributed by atoms with van der Waals surface area (Å²) in [7, 11) is 0. The van der Waals surface area contributed by atoms with Gasteiger partial charge in [0.25, 0.3) is 0 Å². The molecule has 2 nitrogen and oxygen atoms in total. The van der Waals surface area contributed by atoms with Crippen LogP contribution in [0.2, 0.25) is 0 Å². The van der Waals surface area contributed by atoms with Crippen LogP contribution in [0.15, 0.2) is 66.0 Å². The van der Waals surface area contributed by atoms with Gasteiger partial charge in [-0.25, -0.2) is 4.98 Å². The quantitative estimate of drug-likeness (QED) is 0.461. The van der Waals surface area contributed by atoms with Gasteiger partial charge in [-0.15, -0.1) is 11.3 Å². The van der Waals surface area contributed by atoms with Gasteiger partial charge in [0.2, 0.25) is 0 Å². The third-order valence-corrected chi connectivity index (χ3v) is 5.15. The molecule has 1 aliphatic heterocycles. The molecular formula is C20H13NOS. The molecule has 0 saturated carbocycles. The zero-order valence-corrected chi connectivity index (χ0v) is 13.1. The molecule has 0 aliphatic carbocycles. The van der Waals surface area contributed by atoms with Crippen LogP contribution in [0.4, 0.5) is 0 Å². The Morgan fingerprint density at radius 2 is 1.74 bits per heavy atom. The van der Waals surface area contributed by atoms with Gasteiger partial charge in [-0.2, -0.15) is 0 Å². The van der Waals surface area contributed by atoms with E-state index < -0.39 is 0 Å². The van der Waals surface area contributed by atoms with Crippen molar-refractivity contribution in [2.45, 2.75) is 6.61 Å². The molecule has 3 heteroatoms. The molecule has 4 aromatic rings. The maximum Gasteiger partial charge on any atom is 0.129 e. The van der Waals surface area contributed by atoms with E-state index in [0.29, 0.717) is 6.61 Å². The van der Waals surface area contributed by atoms with Crippen LogP contribution in [0.1, 0.15) is 5.56 Å². The first-order valence-corrected chi connectivity index (χ1v) is 8.47. The number of hydrogen-bond acceptors (Lipinski definition) is 3. The van der Waals surface area contributed by atoms with Gasteiger partial charge in [-0.3, -0.25) is 0 Å². The molecule has 0 fully saturated rings. The average molecular weight is 315 g/mol. The van der Waals surface area contributed by atoms with E-state index in [1.165, 1.54) is 15.8 Å². The van der Waals surface area contributed by atoms with E-state index >= 15 is 0 Å². The van der Waals surface area contributed by atoms with E-state index in [1.807, 2.05) is 24.3 Å². The van der Waals surface area contributed by atoms with Crippen molar-refractivity contribution in [2.24, 2.45) is 0 Å². The highest BCUT2D eigenvalue weighted by atomic mass is 32.1. The van der Waals surface area contributed by atoms with Gasteiger partial charge in [0.05, 0.1) is 15.9 Å². The van der Waals surface area contributed by atoms with Crippen molar-refractivity contribution in [2.75, 3.05) is 0 Å². The normalized spacial score (nSPS) is 12.5. The van der Waals surface area contributed by atoms with E-state index in [0.717, 1.165) is 28.1 Å². The molecule has 0 atom stereocenters. The van der Waals surface area contributed by atoms with Crippen molar-refractivity contribution in [3.8, 4) is 28.1 Å². The summed E-state index contributed by atoms with van der Waals surface area (Å²) in [6, 6.07) is 20.8. The fourth-order valence-electron chi connectivity index (χ4n) is 3.10. The number of hydrogen-bond donors (Lipinski definition) is 0. The first-order chi connectivity index (χ1) is 11.4. The highest BCUT2D eigenvalue weighted by Crippen LogP contribution is 2.40. The van der Waals surface area contributed by atoms with Crippen molar-refractivity contribution >= 4 is 21.6 Å². The van der Waals surface area contributed by atoms with Crippen LogP contribution in [0.25, 0.3) is 32.6 Å². The zero-order chi connectivity index (χ0) is 15.2. The highest BCUT2D eigenvalue weighted by Gasteiger charge is 2.20.